The van der Waals surface area contributed by atoms with Gasteiger partial charge in [0.15, 0.2) is 0 Å². The Morgan fingerprint density at radius 3 is 2.74 bits per heavy atom. The highest BCUT2D eigenvalue weighted by atomic mass is 16.5. The third-order valence-electron chi connectivity index (χ3n) is 3.86. The second-order valence-electron chi connectivity index (χ2n) is 5.54. The van der Waals surface area contributed by atoms with Crippen LogP contribution in [0.3, 0.4) is 0 Å². The first-order chi connectivity index (χ1) is 9.09. The lowest BCUT2D eigenvalue weighted by atomic mass is 9.81. The van der Waals surface area contributed by atoms with Crippen molar-refractivity contribution in [1.82, 2.24) is 10.2 Å². The summed E-state index contributed by atoms with van der Waals surface area (Å²) >= 11 is 0. The van der Waals surface area contributed by atoms with Crippen LogP contribution in [0.15, 0.2) is 18.2 Å². The van der Waals surface area contributed by atoms with Gasteiger partial charge in [-0.1, -0.05) is 13.0 Å². The summed E-state index contributed by atoms with van der Waals surface area (Å²) in [6, 6.07) is 6.10. The van der Waals surface area contributed by atoms with E-state index in [1.807, 2.05) is 12.1 Å². The summed E-state index contributed by atoms with van der Waals surface area (Å²) in [6.45, 7) is 6.37. The normalized spacial score (nSPS) is 24.8. The quantitative estimate of drug-likeness (QED) is 0.897. The maximum atomic E-state index is 5.56. The molecular formula is C15H24N2O2. The zero-order chi connectivity index (χ0) is 13.9. The average molecular weight is 264 g/mol. The van der Waals surface area contributed by atoms with E-state index in [2.05, 4.69) is 30.3 Å². The molecule has 1 aromatic carbocycles. The Morgan fingerprint density at radius 2 is 2.05 bits per heavy atom. The molecule has 0 saturated carbocycles. The van der Waals surface area contributed by atoms with Crippen LogP contribution >= 0.6 is 0 Å². The van der Waals surface area contributed by atoms with E-state index in [9.17, 15) is 0 Å². The molecule has 1 unspecified atom stereocenters. The highest BCUT2D eigenvalue weighted by Gasteiger charge is 2.32. The van der Waals surface area contributed by atoms with Crippen LogP contribution in [-0.4, -0.2) is 52.3 Å². The SMILES string of the molecule is COc1ccc(C2(C)CNCCN(C)C2)c(OC)c1. The molecule has 0 aromatic heterocycles. The van der Waals surface area contributed by atoms with Crippen LogP contribution in [0.5, 0.6) is 11.5 Å². The van der Waals surface area contributed by atoms with E-state index >= 15 is 0 Å². The summed E-state index contributed by atoms with van der Waals surface area (Å²) in [5.74, 6) is 1.73. The van der Waals surface area contributed by atoms with Crippen molar-refractivity contribution in [2.45, 2.75) is 12.3 Å². The minimum absolute atomic E-state index is 0.0445. The topological polar surface area (TPSA) is 33.7 Å². The van der Waals surface area contributed by atoms with Crippen molar-refractivity contribution in [2.75, 3.05) is 47.4 Å². The van der Waals surface area contributed by atoms with Gasteiger partial charge in [-0.25, -0.2) is 0 Å². The van der Waals surface area contributed by atoms with Crippen LogP contribution in [-0.2, 0) is 5.41 Å². The molecule has 1 heterocycles. The molecule has 0 amide bonds. The Hall–Kier alpha value is -1.26. The Labute approximate surface area is 115 Å². The highest BCUT2D eigenvalue weighted by molar-refractivity contribution is 5.45. The molecule has 0 bridgehead atoms. The van der Waals surface area contributed by atoms with Crippen molar-refractivity contribution in [1.29, 1.82) is 0 Å². The summed E-state index contributed by atoms with van der Waals surface area (Å²) in [5.41, 5.74) is 1.28. The van der Waals surface area contributed by atoms with Crippen LogP contribution in [0.25, 0.3) is 0 Å². The number of likely N-dealkylation sites (N-methyl/N-ethyl adjacent to an activating group) is 1. The van der Waals surface area contributed by atoms with Gasteiger partial charge in [0.25, 0.3) is 0 Å². The monoisotopic (exact) mass is 264 g/mol. The molecule has 1 aliphatic heterocycles. The second-order valence-corrected chi connectivity index (χ2v) is 5.54. The molecule has 0 spiro atoms. The average Bonchev–Trinajstić information content (AvgIpc) is 2.59. The van der Waals surface area contributed by atoms with E-state index < -0.39 is 0 Å². The molecule has 1 aromatic rings. The van der Waals surface area contributed by atoms with Crippen molar-refractivity contribution in [3.8, 4) is 11.5 Å². The van der Waals surface area contributed by atoms with Gasteiger partial charge in [-0.2, -0.15) is 0 Å². The molecule has 4 nitrogen and oxygen atoms in total. The smallest absolute Gasteiger partial charge is 0.126 e. The Kier molecular flexibility index (Phi) is 4.32. The predicted octanol–water partition coefficient (Wildman–Crippen LogP) is 1.50. The molecule has 1 aliphatic rings. The number of methoxy groups -OCH3 is 2. The van der Waals surface area contributed by atoms with Crippen LogP contribution < -0.4 is 14.8 Å². The number of nitrogens with one attached hydrogen (secondary N) is 1. The molecule has 106 valence electrons. The maximum absolute atomic E-state index is 5.56. The van der Waals surface area contributed by atoms with Gasteiger partial charge in [-0.15, -0.1) is 0 Å². The molecular weight excluding hydrogens is 240 g/mol. The molecule has 4 heteroatoms. The van der Waals surface area contributed by atoms with Crippen LogP contribution in [0.2, 0.25) is 0 Å². The van der Waals surface area contributed by atoms with Gasteiger partial charge in [0.05, 0.1) is 14.2 Å². The summed E-state index contributed by atoms with van der Waals surface area (Å²) < 4.78 is 10.8. The first-order valence-corrected chi connectivity index (χ1v) is 6.71. The number of hydrogen-bond acceptors (Lipinski definition) is 4. The standard InChI is InChI=1S/C15H24N2O2/c1-15(10-16-7-8-17(2)11-15)13-6-5-12(18-3)9-14(13)19-4/h5-6,9,16H,7-8,10-11H2,1-4H3. The highest BCUT2D eigenvalue weighted by Crippen LogP contribution is 2.35. The Balaban J connectivity index is 2.37. The minimum Gasteiger partial charge on any atom is -0.497 e. The third kappa shape index (κ3) is 3.01. The summed E-state index contributed by atoms with van der Waals surface area (Å²) in [6.07, 6.45) is 0. The van der Waals surface area contributed by atoms with E-state index in [1.165, 1.54) is 5.56 Å². The molecule has 1 N–H and O–H groups in total. The molecule has 2 rings (SSSR count). The van der Waals surface area contributed by atoms with E-state index in [0.29, 0.717) is 0 Å². The zero-order valence-corrected chi connectivity index (χ0v) is 12.3. The van der Waals surface area contributed by atoms with Crippen molar-refractivity contribution < 1.29 is 9.47 Å². The van der Waals surface area contributed by atoms with Crippen molar-refractivity contribution in [3.05, 3.63) is 23.8 Å². The number of rotatable bonds is 3. The zero-order valence-electron chi connectivity index (χ0n) is 12.3. The molecule has 1 atom stereocenters. The largest absolute Gasteiger partial charge is 0.497 e. The predicted molar refractivity (Wildman–Crippen MR) is 77.3 cm³/mol. The minimum atomic E-state index is 0.0445. The second kappa shape index (κ2) is 5.80. The number of ether oxygens (including phenoxy) is 2. The molecule has 0 aliphatic carbocycles. The number of benzene rings is 1. The van der Waals surface area contributed by atoms with Gasteiger partial charge in [0, 0.05) is 43.2 Å². The van der Waals surface area contributed by atoms with Crippen LogP contribution in [0.4, 0.5) is 0 Å². The first-order valence-electron chi connectivity index (χ1n) is 6.71. The van der Waals surface area contributed by atoms with Gasteiger partial charge in [0.1, 0.15) is 11.5 Å². The maximum Gasteiger partial charge on any atom is 0.126 e. The molecule has 19 heavy (non-hydrogen) atoms. The van der Waals surface area contributed by atoms with Gasteiger partial charge in [-0.05, 0) is 13.1 Å². The lowest BCUT2D eigenvalue weighted by Gasteiger charge is -2.32. The van der Waals surface area contributed by atoms with Crippen LogP contribution in [0.1, 0.15) is 12.5 Å². The van der Waals surface area contributed by atoms with E-state index in [0.717, 1.165) is 37.7 Å². The van der Waals surface area contributed by atoms with Gasteiger partial charge < -0.3 is 19.7 Å². The Bertz CT molecular complexity index is 436. The fourth-order valence-corrected chi connectivity index (χ4v) is 2.84. The first kappa shape index (κ1) is 14.2. The third-order valence-corrected chi connectivity index (χ3v) is 3.86. The fourth-order valence-electron chi connectivity index (χ4n) is 2.84. The van der Waals surface area contributed by atoms with Gasteiger partial charge in [-0.3, -0.25) is 0 Å². The van der Waals surface area contributed by atoms with E-state index in [1.54, 1.807) is 14.2 Å². The van der Waals surface area contributed by atoms with E-state index in [-0.39, 0.29) is 5.41 Å². The molecule has 1 fully saturated rings. The van der Waals surface area contributed by atoms with Crippen molar-refractivity contribution >= 4 is 0 Å². The Morgan fingerprint density at radius 1 is 1.26 bits per heavy atom. The van der Waals surface area contributed by atoms with Gasteiger partial charge >= 0.3 is 0 Å². The number of nitrogens with zero attached hydrogens (tertiary/aromatic N) is 1. The fraction of sp³-hybridized carbons (Fsp3) is 0.600. The van der Waals surface area contributed by atoms with E-state index in [4.69, 9.17) is 9.47 Å². The van der Waals surface area contributed by atoms with Crippen molar-refractivity contribution in [2.24, 2.45) is 0 Å². The van der Waals surface area contributed by atoms with Crippen LogP contribution in [0, 0.1) is 0 Å². The molecule has 1 saturated heterocycles. The lowest BCUT2D eigenvalue weighted by Crippen LogP contribution is -2.40. The summed E-state index contributed by atoms with van der Waals surface area (Å²) in [5, 5.41) is 3.52. The van der Waals surface area contributed by atoms with Gasteiger partial charge in [0.2, 0.25) is 0 Å². The van der Waals surface area contributed by atoms with Crippen molar-refractivity contribution in [3.63, 3.8) is 0 Å². The number of hydrogen-bond donors (Lipinski definition) is 1. The lowest BCUT2D eigenvalue weighted by molar-refractivity contribution is 0.282. The molecule has 0 radical (unpaired) electrons. The summed E-state index contributed by atoms with van der Waals surface area (Å²) in [7, 11) is 5.56. The summed E-state index contributed by atoms with van der Waals surface area (Å²) in [4.78, 5) is 2.36.